The molecule has 0 saturated heterocycles. The number of rotatable bonds is 4. The van der Waals surface area contributed by atoms with Crippen LogP contribution in [-0.4, -0.2) is 39.5 Å². The van der Waals surface area contributed by atoms with Gasteiger partial charge in [0.15, 0.2) is 5.69 Å². The van der Waals surface area contributed by atoms with Crippen molar-refractivity contribution in [2.45, 2.75) is 0 Å². The lowest BCUT2D eigenvalue weighted by Gasteiger charge is -2.06. The summed E-state index contributed by atoms with van der Waals surface area (Å²) in [6.45, 7) is 0. The average molecular weight is 270 g/mol. The van der Waals surface area contributed by atoms with Crippen molar-refractivity contribution in [3.63, 3.8) is 0 Å². The number of ketones is 1. The standard InChI is InChI=1S/C14H14N4O2/c1-17(2)9-5-12(19)14-13(20)6-10-18(16-14)11-3-7-15-8-4-11/h3-10H,1-2H3. The Morgan fingerprint density at radius 3 is 2.60 bits per heavy atom. The minimum Gasteiger partial charge on any atom is -0.383 e. The molecule has 0 bridgehead atoms. The summed E-state index contributed by atoms with van der Waals surface area (Å²) in [7, 11) is 3.58. The van der Waals surface area contributed by atoms with Crippen LogP contribution in [0.1, 0.15) is 10.5 Å². The number of allylic oxidation sites excluding steroid dienone is 1. The number of hydrogen-bond donors (Lipinski definition) is 0. The molecule has 0 unspecified atom stereocenters. The van der Waals surface area contributed by atoms with E-state index < -0.39 is 11.2 Å². The monoisotopic (exact) mass is 270 g/mol. The lowest BCUT2D eigenvalue weighted by molar-refractivity contribution is 0.103. The van der Waals surface area contributed by atoms with Gasteiger partial charge in [0, 0.05) is 51.0 Å². The zero-order chi connectivity index (χ0) is 14.5. The van der Waals surface area contributed by atoms with Crippen LogP contribution >= 0.6 is 0 Å². The summed E-state index contributed by atoms with van der Waals surface area (Å²) >= 11 is 0. The summed E-state index contributed by atoms with van der Waals surface area (Å²) in [5.74, 6) is -0.424. The molecule has 2 heterocycles. The Morgan fingerprint density at radius 2 is 1.95 bits per heavy atom. The van der Waals surface area contributed by atoms with Gasteiger partial charge in [-0.2, -0.15) is 5.10 Å². The van der Waals surface area contributed by atoms with Crippen LogP contribution in [0.4, 0.5) is 0 Å². The molecule has 0 aromatic carbocycles. The molecule has 0 saturated carbocycles. The fraction of sp³-hybridized carbons (Fsp3) is 0.143. The van der Waals surface area contributed by atoms with E-state index >= 15 is 0 Å². The molecule has 0 atom stereocenters. The Kier molecular flexibility index (Phi) is 4.05. The second-order valence-corrected chi connectivity index (χ2v) is 4.32. The maximum atomic E-state index is 12.0. The second-order valence-electron chi connectivity index (χ2n) is 4.32. The third-order valence-electron chi connectivity index (χ3n) is 2.49. The molecule has 0 N–H and O–H groups in total. The first-order valence-corrected chi connectivity index (χ1v) is 5.97. The first kappa shape index (κ1) is 13.7. The zero-order valence-corrected chi connectivity index (χ0v) is 11.2. The first-order chi connectivity index (χ1) is 9.58. The minimum atomic E-state index is -0.424. The van der Waals surface area contributed by atoms with E-state index in [1.807, 2.05) is 0 Å². The van der Waals surface area contributed by atoms with Crippen LogP contribution in [0.25, 0.3) is 5.69 Å². The van der Waals surface area contributed by atoms with Crippen LogP contribution in [0.5, 0.6) is 0 Å². The largest absolute Gasteiger partial charge is 0.383 e. The number of carbonyl (C=O) groups excluding carboxylic acids is 1. The highest BCUT2D eigenvalue weighted by molar-refractivity contribution is 6.02. The number of carbonyl (C=O) groups is 1. The van der Waals surface area contributed by atoms with Gasteiger partial charge in [0.05, 0.1) is 5.69 Å². The lowest BCUT2D eigenvalue weighted by atomic mass is 10.2. The smallest absolute Gasteiger partial charge is 0.211 e. The zero-order valence-electron chi connectivity index (χ0n) is 11.2. The van der Waals surface area contributed by atoms with Crippen molar-refractivity contribution in [2.24, 2.45) is 0 Å². The van der Waals surface area contributed by atoms with Gasteiger partial charge in [-0.25, -0.2) is 4.68 Å². The predicted octanol–water partition coefficient (Wildman–Crippen LogP) is 0.886. The molecule has 0 radical (unpaired) electrons. The molecular formula is C14H14N4O2. The second kappa shape index (κ2) is 5.92. The van der Waals surface area contributed by atoms with Gasteiger partial charge in [-0.1, -0.05) is 0 Å². The Bertz CT molecular complexity index is 690. The summed E-state index contributed by atoms with van der Waals surface area (Å²) in [5, 5.41) is 4.08. The molecular weight excluding hydrogens is 256 g/mol. The van der Waals surface area contributed by atoms with Crippen LogP contribution in [0.15, 0.2) is 53.9 Å². The topological polar surface area (TPSA) is 68.1 Å². The van der Waals surface area contributed by atoms with Gasteiger partial charge >= 0.3 is 0 Å². The van der Waals surface area contributed by atoms with Crippen LogP contribution in [0.3, 0.4) is 0 Å². The summed E-state index contributed by atoms with van der Waals surface area (Å²) < 4.78 is 1.47. The minimum absolute atomic E-state index is 0.109. The molecule has 2 aromatic heterocycles. The third-order valence-corrected chi connectivity index (χ3v) is 2.49. The Morgan fingerprint density at radius 1 is 1.25 bits per heavy atom. The summed E-state index contributed by atoms with van der Waals surface area (Å²) in [5.41, 5.74) is 0.219. The van der Waals surface area contributed by atoms with Crippen molar-refractivity contribution < 1.29 is 4.79 Å². The highest BCUT2D eigenvalue weighted by Gasteiger charge is 2.10. The van der Waals surface area contributed by atoms with Crippen LogP contribution in [-0.2, 0) is 0 Å². The van der Waals surface area contributed by atoms with E-state index in [1.165, 1.54) is 23.0 Å². The number of pyridine rings is 1. The van der Waals surface area contributed by atoms with E-state index in [2.05, 4.69) is 10.1 Å². The van der Waals surface area contributed by atoms with Gasteiger partial charge < -0.3 is 4.90 Å². The van der Waals surface area contributed by atoms with E-state index in [-0.39, 0.29) is 5.69 Å². The van der Waals surface area contributed by atoms with Crippen molar-refractivity contribution in [1.29, 1.82) is 0 Å². The molecule has 102 valence electrons. The highest BCUT2D eigenvalue weighted by atomic mass is 16.1. The molecule has 0 aliphatic heterocycles. The Hall–Kier alpha value is -2.76. The third kappa shape index (κ3) is 3.17. The SMILES string of the molecule is CN(C)C=CC(=O)c1nn(-c2ccncc2)ccc1=O. The van der Waals surface area contributed by atoms with Gasteiger partial charge in [0.25, 0.3) is 0 Å². The first-order valence-electron chi connectivity index (χ1n) is 5.97. The van der Waals surface area contributed by atoms with Gasteiger partial charge in [-0.15, -0.1) is 0 Å². The van der Waals surface area contributed by atoms with Gasteiger partial charge in [0.2, 0.25) is 11.2 Å². The van der Waals surface area contributed by atoms with Crippen molar-refractivity contribution in [3.8, 4) is 5.69 Å². The van der Waals surface area contributed by atoms with Crippen molar-refractivity contribution in [3.05, 3.63) is 65.0 Å². The molecule has 2 aromatic rings. The quantitative estimate of drug-likeness (QED) is 0.609. The molecule has 6 nitrogen and oxygen atoms in total. The molecule has 0 aliphatic carbocycles. The number of aromatic nitrogens is 3. The molecule has 0 spiro atoms. The summed E-state index contributed by atoms with van der Waals surface area (Å²) in [4.78, 5) is 29.3. The molecule has 0 fully saturated rings. The maximum absolute atomic E-state index is 12.0. The van der Waals surface area contributed by atoms with Crippen molar-refractivity contribution >= 4 is 5.78 Å². The summed E-state index contributed by atoms with van der Waals surface area (Å²) in [6, 6.07) is 4.80. The summed E-state index contributed by atoms with van der Waals surface area (Å²) in [6.07, 6.45) is 7.64. The molecule has 20 heavy (non-hydrogen) atoms. The Balaban J connectivity index is 2.40. The van der Waals surface area contributed by atoms with Crippen molar-refractivity contribution in [1.82, 2.24) is 19.7 Å². The van der Waals surface area contributed by atoms with Crippen LogP contribution < -0.4 is 5.43 Å². The molecule has 2 rings (SSSR count). The van der Waals surface area contributed by atoms with Crippen molar-refractivity contribution in [2.75, 3.05) is 14.1 Å². The van der Waals surface area contributed by atoms with E-state index in [1.54, 1.807) is 49.7 Å². The Labute approximate surface area is 116 Å². The normalized spacial score (nSPS) is 10.7. The van der Waals surface area contributed by atoms with Crippen LogP contribution in [0, 0.1) is 0 Å². The number of hydrogen-bond acceptors (Lipinski definition) is 5. The molecule has 6 heteroatoms. The van der Waals surface area contributed by atoms with E-state index in [9.17, 15) is 9.59 Å². The fourth-order valence-electron chi connectivity index (χ4n) is 1.51. The molecule has 0 amide bonds. The van der Waals surface area contributed by atoms with Gasteiger partial charge in [-0.3, -0.25) is 14.6 Å². The van der Waals surface area contributed by atoms with E-state index in [0.717, 1.165) is 5.69 Å². The van der Waals surface area contributed by atoms with E-state index in [0.29, 0.717) is 0 Å². The molecule has 0 aliphatic rings. The number of nitrogens with zero attached hydrogens (tertiary/aromatic N) is 4. The van der Waals surface area contributed by atoms with Gasteiger partial charge in [0.1, 0.15) is 0 Å². The predicted molar refractivity (Wildman–Crippen MR) is 74.8 cm³/mol. The van der Waals surface area contributed by atoms with E-state index in [4.69, 9.17) is 0 Å². The lowest BCUT2D eigenvalue weighted by Crippen LogP contribution is -2.20. The van der Waals surface area contributed by atoms with Gasteiger partial charge in [-0.05, 0) is 12.1 Å². The average Bonchev–Trinajstić information content (AvgIpc) is 2.46. The van der Waals surface area contributed by atoms with Crippen LogP contribution in [0.2, 0.25) is 0 Å². The highest BCUT2D eigenvalue weighted by Crippen LogP contribution is 2.02. The maximum Gasteiger partial charge on any atom is 0.211 e. The fourth-order valence-corrected chi connectivity index (χ4v) is 1.51.